The van der Waals surface area contributed by atoms with Crippen molar-refractivity contribution in [1.29, 1.82) is 0 Å². The van der Waals surface area contributed by atoms with Gasteiger partial charge in [0.15, 0.2) is 11.5 Å². The van der Waals surface area contributed by atoms with Crippen molar-refractivity contribution in [3.8, 4) is 17.2 Å². The molecule has 2 aromatic rings. The average molecular weight is 328 g/mol. The zero-order valence-corrected chi connectivity index (χ0v) is 13.0. The monoisotopic (exact) mass is 328 g/mol. The van der Waals surface area contributed by atoms with E-state index < -0.39 is 11.8 Å². The van der Waals surface area contributed by atoms with E-state index in [2.05, 4.69) is 10.6 Å². The Morgan fingerprint density at radius 1 is 0.917 bits per heavy atom. The zero-order chi connectivity index (χ0) is 16.9. The van der Waals surface area contributed by atoms with E-state index in [4.69, 9.17) is 14.2 Å². The van der Waals surface area contributed by atoms with Crippen molar-refractivity contribution in [3.05, 3.63) is 42.5 Å². The van der Waals surface area contributed by atoms with Gasteiger partial charge in [-0.15, -0.1) is 0 Å². The molecule has 0 atom stereocenters. The van der Waals surface area contributed by atoms with Crippen LogP contribution in [0.5, 0.6) is 17.2 Å². The standard InChI is InChI=1S/C17H16N2O5/c1-22-13-4-2-3-11(9-13)18-16(20)17(21)19-12-5-6-14-15(10-12)24-8-7-23-14/h2-6,9-10H,7-8H2,1H3,(H,18,20)(H,19,21). The highest BCUT2D eigenvalue weighted by molar-refractivity contribution is 6.43. The number of methoxy groups -OCH3 is 1. The molecule has 24 heavy (non-hydrogen) atoms. The molecule has 0 spiro atoms. The molecule has 2 aromatic carbocycles. The third-order valence-corrected chi connectivity index (χ3v) is 3.33. The fourth-order valence-corrected chi connectivity index (χ4v) is 2.20. The predicted octanol–water partition coefficient (Wildman–Crippen LogP) is 2.04. The Morgan fingerprint density at radius 3 is 2.29 bits per heavy atom. The number of nitrogens with one attached hydrogen (secondary N) is 2. The summed E-state index contributed by atoms with van der Waals surface area (Å²) in [5.74, 6) is 0.167. The maximum atomic E-state index is 12.0. The molecule has 0 saturated heterocycles. The van der Waals surface area contributed by atoms with Gasteiger partial charge in [0, 0.05) is 23.5 Å². The molecule has 0 radical (unpaired) electrons. The number of amides is 2. The van der Waals surface area contributed by atoms with E-state index in [0.717, 1.165) is 0 Å². The van der Waals surface area contributed by atoms with E-state index in [-0.39, 0.29) is 0 Å². The van der Waals surface area contributed by atoms with E-state index in [0.29, 0.717) is 41.8 Å². The molecule has 124 valence electrons. The Hall–Kier alpha value is -3.22. The molecular weight excluding hydrogens is 312 g/mol. The molecule has 2 N–H and O–H groups in total. The third-order valence-electron chi connectivity index (χ3n) is 3.33. The fourth-order valence-electron chi connectivity index (χ4n) is 2.20. The Labute approximate surface area is 138 Å². The first kappa shape index (κ1) is 15.7. The first-order chi connectivity index (χ1) is 11.7. The summed E-state index contributed by atoms with van der Waals surface area (Å²) < 4.78 is 15.9. The van der Waals surface area contributed by atoms with Gasteiger partial charge in [-0.05, 0) is 24.3 Å². The molecule has 0 aromatic heterocycles. The van der Waals surface area contributed by atoms with Crippen molar-refractivity contribution in [2.24, 2.45) is 0 Å². The molecular formula is C17H16N2O5. The van der Waals surface area contributed by atoms with Gasteiger partial charge in [0.05, 0.1) is 7.11 Å². The quantitative estimate of drug-likeness (QED) is 0.842. The van der Waals surface area contributed by atoms with Crippen LogP contribution in [0, 0.1) is 0 Å². The minimum absolute atomic E-state index is 0.445. The summed E-state index contributed by atoms with van der Waals surface area (Å²) in [6, 6.07) is 11.7. The Morgan fingerprint density at radius 2 is 1.58 bits per heavy atom. The number of benzene rings is 2. The van der Waals surface area contributed by atoms with Gasteiger partial charge in [-0.25, -0.2) is 0 Å². The lowest BCUT2D eigenvalue weighted by Crippen LogP contribution is -2.29. The summed E-state index contributed by atoms with van der Waals surface area (Å²) >= 11 is 0. The molecule has 0 bridgehead atoms. The molecule has 3 rings (SSSR count). The predicted molar refractivity (Wildman–Crippen MR) is 87.7 cm³/mol. The minimum Gasteiger partial charge on any atom is -0.497 e. The van der Waals surface area contributed by atoms with Gasteiger partial charge in [-0.1, -0.05) is 6.07 Å². The minimum atomic E-state index is -0.783. The number of carbonyl (C=O) groups is 2. The Kier molecular flexibility index (Phi) is 4.51. The second kappa shape index (κ2) is 6.91. The van der Waals surface area contributed by atoms with E-state index in [1.54, 1.807) is 42.5 Å². The van der Waals surface area contributed by atoms with Gasteiger partial charge in [0.25, 0.3) is 0 Å². The first-order valence-corrected chi connectivity index (χ1v) is 7.32. The molecule has 1 aliphatic heterocycles. The molecule has 1 heterocycles. The van der Waals surface area contributed by atoms with Gasteiger partial charge in [-0.2, -0.15) is 0 Å². The van der Waals surface area contributed by atoms with Crippen LogP contribution in [0.2, 0.25) is 0 Å². The van der Waals surface area contributed by atoms with Crippen LogP contribution in [0.15, 0.2) is 42.5 Å². The summed E-state index contributed by atoms with van der Waals surface area (Å²) in [6.07, 6.45) is 0. The number of ether oxygens (including phenoxy) is 3. The highest BCUT2D eigenvalue weighted by atomic mass is 16.6. The first-order valence-electron chi connectivity index (χ1n) is 7.32. The van der Waals surface area contributed by atoms with Gasteiger partial charge in [0.2, 0.25) is 0 Å². The van der Waals surface area contributed by atoms with Crippen molar-refractivity contribution in [3.63, 3.8) is 0 Å². The van der Waals surface area contributed by atoms with Crippen molar-refractivity contribution in [2.45, 2.75) is 0 Å². The molecule has 0 fully saturated rings. The number of rotatable bonds is 3. The van der Waals surface area contributed by atoms with Crippen LogP contribution < -0.4 is 24.8 Å². The van der Waals surface area contributed by atoms with E-state index >= 15 is 0 Å². The number of fused-ring (bicyclic) bond motifs is 1. The number of hydrogen-bond donors (Lipinski definition) is 2. The highest BCUT2D eigenvalue weighted by Crippen LogP contribution is 2.32. The van der Waals surface area contributed by atoms with Gasteiger partial charge in [-0.3, -0.25) is 9.59 Å². The van der Waals surface area contributed by atoms with E-state index in [9.17, 15) is 9.59 Å². The van der Waals surface area contributed by atoms with Crippen molar-refractivity contribution in [1.82, 2.24) is 0 Å². The normalized spacial score (nSPS) is 12.2. The van der Waals surface area contributed by atoms with Crippen LogP contribution in [-0.2, 0) is 9.59 Å². The smallest absolute Gasteiger partial charge is 0.314 e. The third kappa shape index (κ3) is 3.57. The molecule has 7 nitrogen and oxygen atoms in total. The van der Waals surface area contributed by atoms with Crippen molar-refractivity contribution >= 4 is 23.2 Å². The van der Waals surface area contributed by atoms with Crippen LogP contribution in [-0.4, -0.2) is 32.1 Å². The van der Waals surface area contributed by atoms with Crippen LogP contribution in [0.1, 0.15) is 0 Å². The van der Waals surface area contributed by atoms with Gasteiger partial charge >= 0.3 is 11.8 Å². The molecule has 0 saturated carbocycles. The molecule has 0 aliphatic carbocycles. The van der Waals surface area contributed by atoms with Crippen molar-refractivity contribution in [2.75, 3.05) is 31.0 Å². The fraction of sp³-hybridized carbons (Fsp3) is 0.176. The van der Waals surface area contributed by atoms with Crippen LogP contribution in [0.3, 0.4) is 0 Å². The van der Waals surface area contributed by atoms with Gasteiger partial charge < -0.3 is 24.8 Å². The second-order valence-corrected chi connectivity index (χ2v) is 5.00. The second-order valence-electron chi connectivity index (χ2n) is 5.00. The summed E-state index contributed by atoms with van der Waals surface area (Å²) in [5.41, 5.74) is 0.918. The number of carbonyl (C=O) groups excluding carboxylic acids is 2. The summed E-state index contributed by atoms with van der Waals surface area (Å²) in [4.78, 5) is 24.0. The largest absolute Gasteiger partial charge is 0.497 e. The average Bonchev–Trinajstić information content (AvgIpc) is 2.61. The zero-order valence-electron chi connectivity index (χ0n) is 13.0. The summed E-state index contributed by atoms with van der Waals surface area (Å²) in [6.45, 7) is 0.933. The highest BCUT2D eigenvalue weighted by Gasteiger charge is 2.17. The maximum absolute atomic E-state index is 12.0. The molecule has 2 amide bonds. The molecule has 7 heteroatoms. The van der Waals surface area contributed by atoms with Crippen LogP contribution in [0.25, 0.3) is 0 Å². The lowest BCUT2D eigenvalue weighted by atomic mass is 10.2. The Bertz CT molecular complexity index is 775. The molecule has 0 unspecified atom stereocenters. The van der Waals surface area contributed by atoms with E-state index in [1.807, 2.05) is 0 Å². The number of anilines is 2. The topological polar surface area (TPSA) is 85.9 Å². The van der Waals surface area contributed by atoms with Gasteiger partial charge in [0.1, 0.15) is 19.0 Å². The SMILES string of the molecule is COc1cccc(NC(=O)C(=O)Nc2ccc3c(c2)OCCO3)c1. The lowest BCUT2D eigenvalue weighted by Gasteiger charge is -2.18. The van der Waals surface area contributed by atoms with Crippen molar-refractivity contribution < 1.29 is 23.8 Å². The summed E-state index contributed by atoms with van der Waals surface area (Å²) in [7, 11) is 1.52. The Balaban J connectivity index is 1.64. The molecule has 1 aliphatic rings. The number of hydrogen-bond acceptors (Lipinski definition) is 5. The van der Waals surface area contributed by atoms with Crippen LogP contribution in [0.4, 0.5) is 11.4 Å². The van der Waals surface area contributed by atoms with Crippen LogP contribution >= 0.6 is 0 Å². The van der Waals surface area contributed by atoms with E-state index in [1.165, 1.54) is 7.11 Å². The summed E-state index contributed by atoms with van der Waals surface area (Å²) in [5, 5.41) is 5.03. The maximum Gasteiger partial charge on any atom is 0.314 e. The lowest BCUT2D eigenvalue weighted by molar-refractivity contribution is -0.133.